The molecule has 0 bridgehead atoms. The van der Waals surface area contributed by atoms with Gasteiger partial charge in [-0.1, -0.05) is 23.2 Å². The molecule has 3 nitrogen and oxygen atoms in total. The van der Waals surface area contributed by atoms with Crippen molar-refractivity contribution in [3.8, 4) is 5.75 Å². The minimum atomic E-state index is 0.219. The van der Waals surface area contributed by atoms with Gasteiger partial charge in [0.2, 0.25) is 0 Å². The van der Waals surface area contributed by atoms with Gasteiger partial charge in [-0.15, -0.1) is 0 Å². The van der Waals surface area contributed by atoms with Crippen molar-refractivity contribution in [2.45, 2.75) is 0 Å². The van der Waals surface area contributed by atoms with Crippen LogP contribution in [0.3, 0.4) is 0 Å². The molecule has 0 aliphatic carbocycles. The van der Waals surface area contributed by atoms with Crippen molar-refractivity contribution < 1.29 is 5.11 Å². The fourth-order valence-corrected chi connectivity index (χ4v) is 2.37. The Morgan fingerprint density at radius 3 is 2.40 bits per heavy atom. The number of nitrogens with zero attached hydrogens (tertiary/aromatic N) is 1. The van der Waals surface area contributed by atoms with Crippen LogP contribution in [0.4, 0.5) is 11.5 Å². The fourth-order valence-electron chi connectivity index (χ4n) is 1.97. The second-order valence-corrected chi connectivity index (χ2v) is 5.07. The number of pyridine rings is 1. The number of rotatable bonds is 2. The highest BCUT2D eigenvalue weighted by atomic mass is 35.5. The third-order valence-electron chi connectivity index (χ3n) is 2.96. The van der Waals surface area contributed by atoms with Crippen molar-refractivity contribution >= 4 is 45.5 Å². The number of anilines is 2. The molecular weight excluding hydrogens is 295 g/mol. The number of hydrogen-bond donors (Lipinski definition) is 2. The number of phenols is 1. The summed E-state index contributed by atoms with van der Waals surface area (Å²) in [7, 11) is 0. The number of hydrogen-bond acceptors (Lipinski definition) is 3. The number of benzene rings is 2. The summed E-state index contributed by atoms with van der Waals surface area (Å²) in [4.78, 5) is 4.32. The highest BCUT2D eigenvalue weighted by Crippen LogP contribution is 2.34. The molecule has 3 aromatic rings. The van der Waals surface area contributed by atoms with Gasteiger partial charge in [0, 0.05) is 22.7 Å². The Morgan fingerprint density at radius 2 is 1.65 bits per heavy atom. The van der Waals surface area contributed by atoms with E-state index < -0.39 is 0 Å². The van der Waals surface area contributed by atoms with Gasteiger partial charge in [0.05, 0.1) is 10.0 Å². The zero-order valence-electron chi connectivity index (χ0n) is 10.3. The largest absolute Gasteiger partial charge is 0.508 e. The van der Waals surface area contributed by atoms with Gasteiger partial charge in [0.15, 0.2) is 0 Å². The predicted octanol–water partition coefficient (Wildman–Crippen LogP) is 4.99. The molecule has 0 fully saturated rings. The highest BCUT2D eigenvalue weighted by molar-refractivity contribution is 6.45. The molecular formula is C15H10Cl2N2O. The van der Waals surface area contributed by atoms with Crippen molar-refractivity contribution in [2.75, 3.05) is 5.32 Å². The molecule has 2 aromatic carbocycles. The third-order valence-corrected chi connectivity index (χ3v) is 3.78. The van der Waals surface area contributed by atoms with Crippen LogP contribution in [0.25, 0.3) is 10.8 Å². The van der Waals surface area contributed by atoms with Gasteiger partial charge >= 0.3 is 0 Å². The summed E-state index contributed by atoms with van der Waals surface area (Å²) < 4.78 is 0. The molecule has 100 valence electrons. The molecule has 0 spiro atoms. The molecule has 0 saturated carbocycles. The van der Waals surface area contributed by atoms with E-state index in [-0.39, 0.29) is 5.75 Å². The van der Waals surface area contributed by atoms with Gasteiger partial charge in [-0.05, 0) is 42.5 Å². The molecule has 0 amide bonds. The van der Waals surface area contributed by atoms with Crippen LogP contribution in [0, 0.1) is 0 Å². The van der Waals surface area contributed by atoms with E-state index in [2.05, 4.69) is 10.3 Å². The van der Waals surface area contributed by atoms with Crippen LogP contribution in [0.2, 0.25) is 10.0 Å². The molecule has 20 heavy (non-hydrogen) atoms. The summed E-state index contributed by atoms with van der Waals surface area (Å²) in [5, 5.41) is 15.2. The van der Waals surface area contributed by atoms with E-state index in [1.807, 2.05) is 12.1 Å². The maximum absolute atomic E-state index is 9.29. The van der Waals surface area contributed by atoms with E-state index in [1.54, 1.807) is 36.5 Å². The zero-order valence-corrected chi connectivity index (χ0v) is 11.8. The van der Waals surface area contributed by atoms with Gasteiger partial charge in [0.25, 0.3) is 0 Å². The zero-order chi connectivity index (χ0) is 14.1. The van der Waals surface area contributed by atoms with Crippen LogP contribution in [-0.2, 0) is 0 Å². The quantitative estimate of drug-likeness (QED) is 0.656. The van der Waals surface area contributed by atoms with E-state index in [1.165, 1.54) is 0 Å². The topological polar surface area (TPSA) is 45.1 Å². The second kappa shape index (κ2) is 5.19. The molecule has 0 unspecified atom stereocenters. The molecule has 1 heterocycles. The van der Waals surface area contributed by atoms with Crippen molar-refractivity contribution in [1.29, 1.82) is 0 Å². The third kappa shape index (κ3) is 2.38. The molecule has 5 heteroatoms. The Kier molecular flexibility index (Phi) is 3.38. The molecule has 0 atom stereocenters. The van der Waals surface area contributed by atoms with Gasteiger partial charge in [-0.2, -0.15) is 0 Å². The summed E-state index contributed by atoms with van der Waals surface area (Å²) in [5.41, 5.74) is 0.828. The van der Waals surface area contributed by atoms with Crippen LogP contribution in [-0.4, -0.2) is 10.1 Å². The van der Waals surface area contributed by atoms with Gasteiger partial charge in [-0.25, -0.2) is 4.98 Å². The first-order chi connectivity index (χ1) is 9.65. The van der Waals surface area contributed by atoms with Gasteiger partial charge < -0.3 is 10.4 Å². The number of halogens is 2. The first-order valence-corrected chi connectivity index (χ1v) is 6.69. The van der Waals surface area contributed by atoms with E-state index in [4.69, 9.17) is 23.2 Å². The molecule has 3 rings (SSSR count). The standard InChI is InChI=1S/C15H10Cl2N2O/c16-13-6-5-12-11(14(13)17)7-8-18-15(12)19-9-1-3-10(20)4-2-9/h1-8,20H,(H,18,19). The average Bonchev–Trinajstić information content (AvgIpc) is 2.46. The maximum atomic E-state index is 9.29. The van der Waals surface area contributed by atoms with Crippen molar-refractivity contribution in [3.05, 3.63) is 58.7 Å². The van der Waals surface area contributed by atoms with Crippen LogP contribution in [0.15, 0.2) is 48.7 Å². The first kappa shape index (κ1) is 13.0. The smallest absolute Gasteiger partial charge is 0.138 e. The van der Waals surface area contributed by atoms with Crippen molar-refractivity contribution in [1.82, 2.24) is 4.98 Å². The van der Waals surface area contributed by atoms with Crippen LogP contribution in [0.5, 0.6) is 5.75 Å². The number of fused-ring (bicyclic) bond motifs is 1. The van der Waals surface area contributed by atoms with Crippen molar-refractivity contribution in [3.63, 3.8) is 0 Å². The van der Waals surface area contributed by atoms with Crippen LogP contribution in [0.1, 0.15) is 0 Å². The number of aromatic hydroxyl groups is 1. The van der Waals surface area contributed by atoms with E-state index >= 15 is 0 Å². The van der Waals surface area contributed by atoms with Crippen LogP contribution < -0.4 is 5.32 Å². The molecule has 2 N–H and O–H groups in total. The Hall–Kier alpha value is -1.97. The monoisotopic (exact) mass is 304 g/mol. The van der Waals surface area contributed by atoms with Gasteiger partial charge in [0.1, 0.15) is 11.6 Å². The lowest BCUT2D eigenvalue weighted by Gasteiger charge is -2.10. The molecule has 0 radical (unpaired) electrons. The summed E-state index contributed by atoms with van der Waals surface area (Å²) in [6.07, 6.45) is 1.67. The molecule has 0 aliphatic rings. The Labute approximate surface area is 125 Å². The summed E-state index contributed by atoms with van der Waals surface area (Å²) in [6.45, 7) is 0. The Balaban J connectivity index is 2.08. The van der Waals surface area contributed by atoms with Gasteiger partial charge in [-0.3, -0.25) is 0 Å². The maximum Gasteiger partial charge on any atom is 0.138 e. The lowest BCUT2D eigenvalue weighted by molar-refractivity contribution is 0.475. The number of aromatic nitrogens is 1. The van der Waals surface area contributed by atoms with E-state index in [9.17, 15) is 5.11 Å². The predicted molar refractivity (Wildman–Crippen MR) is 83.2 cm³/mol. The lowest BCUT2D eigenvalue weighted by Crippen LogP contribution is -1.94. The average molecular weight is 305 g/mol. The van der Waals surface area contributed by atoms with Crippen LogP contribution >= 0.6 is 23.2 Å². The Morgan fingerprint density at radius 1 is 0.900 bits per heavy atom. The number of nitrogens with one attached hydrogen (secondary N) is 1. The first-order valence-electron chi connectivity index (χ1n) is 5.94. The van der Waals surface area contributed by atoms with Crippen molar-refractivity contribution in [2.24, 2.45) is 0 Å². The summed E-state index contributed by atoms with van der Waals surface area (Å²) in [6, 6.07) is 12.2. The normalized spacial score (nSPS) is 10.7. The molecule has 0 aliphatic heterocycles. The minimum absolute atomic E-state index is 0.219. The fraction of sp³-hybridized carbons (Fsp3) is 0. The summed E-state index contributed by atoms with van der Waals surface area (Å²) in [5.74, 6) is 0.906. The van der Waals surface area contributed by atoms with E-state index in [0.29, 0.717) is 15.9 Å². The summed E-state index contributed by atoms with van der Waals surface area (Å²) >= 11 is 12.2. The number of phenolic OH excluding ortho intramolecular Hbond substituents is 1. The second-order valence-electron chi connectivity index (χ2n) is 4.29. The SMILES string of the molecule is Oc1ccc(Nc2nccc3c(Cl)c(Cl)ccc23)cc1. The molecule has 1 aromatic heterocycles. The molecule has 0 saturated heterocycles. The Bertz CT molecular complexity index is 773. The lowest BCUT2D eigenvalue weighted by atomic mass is 10.1. The minimum Gasteiger partial charge on any atom is -0.508 e. The van der Waals surface area contributed by atoms with E-state index in [0.717, 1.165) is 16.5 Å². The highest BCUT2D eigenvalue weighted by Gasteiger charge is 2.08.